The molecule has 0 N–H and O–H groups in total. The van der Waals surface area contributed by atoms with Crippen LogP contribution >= 0.6 is 0 Å². The smallest absolute Gasteiger partial charge is 0.140 e. The average Bonchev–Trinajstić information content (AvgIpc) is 2.34. The van der Waals surface area contributed by atoms with Gasteiger partial charge in [-0.15, -0.1) is 9.15 Å². The van der Waals surface area contributed by atoms with Crippen molar-refractivity contribution in [3.8, 4) is 0 Å². The lowest BCUT2D eigenvalue weighted by atomic mass is 10.7. The largest absolute Gasteiger partial charge is 0.412 e. The lowest BCUT2D eigenvalue weighted by Crippen LogP contribution is -2.00. The normalized spacial score (nSPS) is 16.4. The summed E-state index contributed by atoms with van der Waals surface area (Å²) < 4.78 is 3.88. The number of nitrogens with zero attached hydrogens (tertiary/aromatic N) is 2. The van der Waals surface area contributed by atoms with Crippen LogP contribution in [0, 0.1) is 0 Å². The topological polar surface area (TPSA) is 6.02 Å². The van der Waals surface area contributed by atoms with Gasteiger partial charge >= 0.3 is 6.34 Å². The molecule has 0 fully saturated rings. The fourth-order valence-electron chi connectivity index (χ4n) is 0.697. The van der Waals surface area contributed by atoms with E-state index < -0.39 is 0 Å². The second kappa shape index (κ2) is 2.40. The first-order valence-electron chi connectivity index (χ1n) is 2.83. The monoisotopic (exact) mass is 122 g/mol. The van der Waals surface area contributed by atoms with Gasteiger partial charge in [-0.1, -0.05) is 0 Å². The Labute approximate surface area is 54.8 Å². The Balaban J connectivity index is 2.73. The van der Waals surface area contributed by atoms with Crippen LogP contribution in [-0.4, -0.2) is 28.2 Å². The Kier molecular flexibility index (Phi) is 1.58. The van der Waals surface area contributed by atoms with Gasteiger partial charge in [0.25, 0.3) is 0 Å². The molecule has 0 aromatic heterocycles. The molecule has 9 heavy (non-hydrogen) atoms. The molecule has 0 radical (unpaired) electrons. The van der Waals surface area contributed by atoms with Gasteiger partial charge < -0.3 is 0 Å². The van der Waals surface area contributed by atoms with Gasteiger partial charge in [0.1, 0.15) is 0 Å². The van der Waals surface area contributed by atoms with Crippen LogP contribution in [0.2, 0.25) is 0 Å². The molecule has 2 heteroatoms. The quantitative estimate of drug-likeness (QED) is 0.468. The molecule has 1 heterocycles. The average molecular weight is 122 g/mol. The molecule has 1 aliphatic heterocycles. The maximum atomic E-state index is 3.63. The summed E-state index contributed by atoms with van der Waals surface area (Å²) in [4.78, 5) is 0. The molecule has 0 aliphatic carbocycles. The first-order chi connectivity index (χ1) is 4.36. The Bertz CT molecular complexity index is 199. The summed E-state index contributed by atoms with van der Waals surface area (Å²) in [6, 6.07) is 0. The van der Waals surface area contributed by atoms with Gasteiger partial charge in [-0.25, -0.2) is 0 Å². The summed E-state index contributed by atoms with van der Waals surface area (Å²) in [5, 5.41) is 0. The summed E-state index contributed by atoms with van der Waals surface area (Å²) in [6.07, 6.45) is 7.48. The third-order valence-corrected chi connectivity index (χ3v) is 1.23. The SMILES string of the molecule is C=C[N+]1=CC[N+](C=C)=C1. The van der Waals surface area contributed by atoms with Crippen LogP contribution in [0.1, 0.15) is 0 Å². The molecule has 1 aliphatic rings. The van der Waals surface area contributed by atoms with Crippen molar-refractivity contribution >= 4 is 12.6 Å². The first-order valence-corrected chi connectivity index (χ1v) is 2.83. The third kappa shape index (κ3) is 1.13. The molecule has 0 aromatic rings. The van der Waals surface area contributed by atoms with Gasteiger partial charge in [0.2, 0.25) is 12.8 Å². The van der Waals surface area contributed by atoms with E-state index in [9.17, 15) is 0 Å². The highest BCUT2D eigenvalue weighted by molar-refractivity contribution is 5.63. The fraction of sp³-hybridized carbons (Fsp3) is 0.143. The zero-order chi connectivity index (χ0) is 6.69. The van der Waals surface area contributed by atoms with Crippen LogP contribution in [0.5, 0.6) is 0 Å². The van der Waals surface area contributed by atoms with Crippen LogP contribution in [0.3, 0.4) is 0 Å². The van der Waals surface area contributed by atoms with E-state index in [1.54, 1.807) is 12.4 Å². The summed E-state index contributed by atoms with van der Waals surface area (Å²) in [5.41, 5.74) is 0. The number of hydrogen-bond acceptors (Lipinski definition) is 0. The molecule has 0 saturated carbocycles. The minimum absolute atomic E-state index is 0.898. The Hall–Kier alpha value is -1.18. The van der Waals surface area contributed by atoms with Gasteiger partial charge in [-0.05, 0) is 13.2 Å². The molecule has 0 saturated heterocycles. The summed E-state index contributed by atoms with van der Waals surface area (Å²) in [6.45, 7) is 8.14. The van der Waals surface area contributed by atoms with E-state index in [1.165, 1.54) is 0 Å². The molecule has 0 amide bonds. The summed E-state index contributed by atoms with van der Waals surface area (Å²) in [5.74, 6) is 0. The Morgan fingerprint density at radius 2 is 2.11 bits per heavy atom. The van der Waals surface area contributed by atoms with Crippen molar-refractivity contribution < 1.29 is 9.15 Å². The second-order valence-corrected chi connectivity index (χ2v) is 1.81. The highest BCUT2D eigenvalue weighted by Gasteiger charge is 2.13. The third-order valence-electron chi connectivity index (χ3n) is 1.23. The molecule has 2 nitrogen and oxygen atoms in total. The molecule has 1 rings (SSSR count). The zero-order valence-electron chi connectivity index (χ0n) is 5.33. The van der Waals surface area contributed by atoms with Crippen molar-refractivity contribution in [3.05, 3.63) is 25.6 Å². The maximum Gasteiger partial charge on any atom is 0.412 e. The molecule has 0 spiro atoms. The van der Waals surface area contributed by atoms with Crippen LogP contribution in [0.4, 0.5) is 0 Å². The fourth-order valence-corrected chi connectivity index (χ4v) is 0.697. The highest BCUT2D eigenvalue weighted by atomic mass is 15.2. The lowest BCUT2D eigenvalue weighted by molar-refractivity contribution is -0.461. The van der Waals surface area contributed by atoms with E-state index in [4.69, 9.17) is 0 Å². The molecule has 46 valence electrons. The zero-order valence-corrected chi connectivity index (χ0v) is 5.33. The van der Waals surface area contributed by atoms with Crippen molar-refractivity contribution in [2.45, 2.75) is 0 Å². The molecular formula is C7H10N2+2. The van der Waals surface area contributed by atoms with Gasteiger partial charge in [0.15, 0.2) is 12.4 Å². The predicted molar refractivity (Wildman–Crippen MR) is 37.9 cm³/mol. The van der Waals surface area contributed by atoms with E-state index in [-0.39, 0.29) is 0 Å². The number of hydrogen-bond donors (Lipinski definition) is 0. The van der Waals surface area contributed by atoms with E-state index >= 15 is 0 Å². The van der Waals surface area contributed by atoms with E-state index in [0.29, 0.717) is 0 Å². The van der Waals surface area contributed by atoms with Crippen molar-refractivity contribution in [2.75, 3.05) is 6.54 Å². The van der Waals surface area contributed by atoms with E-state index in [0.717, 1.165) is 6.54 Å². The lowest BCUT2D eigenvalue weighted by Gasteiger charge is -1.73. The number of rotatable bonds is 2. The van der Waals surface area contributed by atoms with Crippen LogP contribution in [-0.2, 0) is 0 Å². The van der Waals surface area contributed by atoms with Crippen molar-refractivity contribution in [1.82, 2.24) is 0 Å². The standard InChI is InChI=1S/C7H10N2/c1-3-8-5-6-9(4-2)7-8/h3-5,7H,1-2,6H2/q+2. The molecular weight excluding hydrogens is 112 g/mol. The van der Waals surface area contributed by atoms with Crippen LogP contribution in [0.25, 0.3) is 0 Å². The van der Waals surface area contributed by atoms with Gasteiger partial charge in [-0.3, -0.25) is 0 Å². The Morgan fingerprint density at radius 1 is 1.33 bits per heavy atom. The summed E-state index contributed by atoms with van der Waals surface area (Å²) in [7, 11) is 0. The minimum Gasteiger partial charge on any atom is -0.140 e. The van der Waals surface area contributed by atoms with Crippen molar-refractivity contribution in [3.63, 3.8) is 0 Å². The van der Waals surface area contributed by atoms with Crippen LogP contribution in [0.15, 0.2) is 25.6 Å². The Morgan fingerprint density at radius 3 is 2.44 bits per heavy atom. The van der Waals surface area contributed by atoms with Gasteiger partial charge in [0.05, 0.1) is 0 Å². The van der Waals surface area contributed by atoms with Crippen molar-refractivity contribution in [1.29, 1.82) is 0 Å². The highest BCUT2D eigenvalue weighted by Crippen LogP contribution is 1.81. The molecule has 0 unspecified atom stereocenters. The van der Waals surface area contributed by atoms with Gasteiger partial charge in [0, 0.05) is 0 Å². The predicted octanol–water partition coefficient (Wildman–Crippen LogP) is 0.411. The first kappa shape index (κ1) is 5.95. The molecule has 0 bridgehead atoms. The second-order valence-electron chi connectivity index (χ2n) is 1.81. The van der Waals surface area contributed by atoms with Gasteiger partial charge in [-0.2, -0.15) is 0 Å². The molecule has 0 aromatic carbocycles. The molecule has 0 atom stereocenters. The van der Waals surface area contributed by atoms with Crippen LogP contribution < -0.4 is 0 Å². The van der Waals surface area contributed by atoms with E-state index in [1.807, 2.05) is 21.7 Å². The minimum atomic E-state index is 0.898. The summed E-state index contributed by atoms with van der Waals surface area (Å²) >= 11 is 0. The maximum absolute atomic E-state index is 3.63. The van der Waals surface area contributed by atoms with Crippen molar-refractivity contribution in [2.24, 2.45) is 0 Å². The van der Waals surface area contributed by atoms with E-state index in [2.05, 4.69) is 13.2 Å².